The molecule has 0 aliphatic rings. The Balaban J connectivity index is 1.10. The van der Waals surface area contributed by atoms with Crippen LogP contribution in [0.3, 0.4) is 0 Å². The second-order valence-electron chi connectivity index (χ2n) is 16.4. The van der Waals surface area contributed by atoms with Crippen LogP contribution < -0.4 is 0 Å². The van der Waals surface area contributed by atoms with Crippen LogP contribution in [0.15, 0.2) is 218 Å². The highest BCUT2D eigenvalue weighted by Gasteiger charge is 2.22. The van der Waals surface area contributed by atoms with Crippen molar-refractivity contribution in [2.45, 2.75) is 0 Å². The van der Waals surface area contributed by atoms with E-state index in [0.29, 0.717) is 17.5 Å². The fraction of sp³-hybridized carbons (Fsp3) is 0. The first kappa shape index (κ1) is 36.4. The van der Waals surface area contributed by atoms with Gasteiger partial charge < -0.3 is 4.57 Å². The van der Waals surface area contributed by atoms with Gasteiger partial charge in [-0.25, -0.2) is 15.0 Å². The summed E-state index contributed by atoms with van der Waals surface area (Å²) in [6, 6.07) is 78.3. The molecule has 3 heterocycles. The number of rotatable bonds is 6. The number of fused-ring (bicyclic) bond motifs is 9. The van der Waals surface area contributed by atoms with Crippen molar-refractivity contribution in [3.8, 4) is 62.1 Å². The summed E-state index contributed by atoms with van der Waals surface area (Å²) in [5.41, 5.74) is 10.7. The highest BCUT2D eigenvalue weighted by atomic mass is 32.1. The largest absolute Gasteiger partial charge is 0.308 e. The number of nitrogens with zero attached hydrogens (tertiary/aromatic N) is 4. The molecular weight excluding hydrogens is 797 g/mol. The molecule has 0 saturated carbocycles. The van der Waals surface area contributed by atoms with E-state index in [-0.39, 0.29) is 0 Å². The molecule has 0 atom stereocenters. The molecule has 13 aromatic rings. The van der Waals surface area contributed by atoms with Crippen molar-refractivity contribution in [3.63, 3.8) is 0 Å². The zero-order valence-corrected chi connectivity index (χ0v) is 35.3. The van der Waals surface area contributed by atoms with Gasteiger partial charge in [0.25, 0.3) is 0 Å². The van der Waals surface area contributed by atoms with Crippen LogP contribution in [0.5, 0.6) is 0 Å². The van der Waals surface area contributed by atoms with Crippen LogP contribution in [-0.2, 0) is 0 Å². The number of thiophene rings is 1. The van der Waals surface area contributed by atoms with Gasteiger partial charge in [0.1, 0.15) is 0 Å². The lowest BCUT2D eigenvalue weighted by molar-refractivity contribution is 1.08. The molecule has 0 unspecified atom stereocenters. The summed E-state index contributed by atoms with van der Waals surface area (Å²) in [5.74, 6) is 1.90. The van der Waals surface area contributed by atoms with Crippen molar-refractivity contribution in [1.29, 1.82) is 0 Å². The SMILES string of the molecule is c1ccc(-c2cccc(-c3cc(-c4nc(-c5ccccc5)nc(-c5cccc6c5sc5ccccc56)n4)ccc3-n3c4cc5ccccc5cc4c4ccc5ccccc5c43)c2)cc1. The second-order valence-corrected chi connectivity index (χ2v) is 17.4. The first-order valence-corrected chi connectivity index (χ1v) is 22.4. The van der Waals surface area contributed by atoms with Crippen molar-refractivity contribution in [2.75, 3.05) is 0 Å². The van der Waals surface area contributed by atoms with Crippen LogP contribution in [0.25, 0.3) is 126 Å². The number of hydrogen-bond donors (Lipinski definition) is 0. The van der Waals surface area contributed by atoms with Gasteiger partial charge >= 0.3 is 0 Å². The van der Waals surface area contributed by atoms with E-state index in [1.165, 1.54) is 63.6 Å². The van der Waals surface area contributed by atoms with E-state index in [0.717, 1.165) is 44.6 Å². The molecule has 10 aromatic carbocycles. The summed E-state index contributed by atoms with van der Waals surface area (Å²) in [7, 11) is 0. The van der Waals surface area contributed by atoms with Crippen LogP contribution in [0, 0.1) is 0 Å². The normalized spacial score (nSPS) is 11.8. The van der Waals surface area contributed by atoms with E-state index < -0.39 is 0 Å². The Hall–Kier alpha value is -8.25. The Labute approximate surface area is 373 Å². The van der Waals surface area contributed by atoms with Gasteiger partial charge in [0, 0.05) is 58.6 Å². The maximum atomic E-state index is 5.36. The zero-order chi connectivity index (χ0) is 42.1. The number of hydrogen-bond acceptors (Lipinski definition) is 4. The third-order valence-corrected chi connectivity index (χ3v) is 13.8. The maximum Gasteiger partial charge on any atom is 0.165 e. The van der Waals surface area contributed by atoms with Gasteiger partial charge in [-0.2, -0.15) is 0 Å². The Bertz CT molecular complexity index is 3960. The average Bonchev–Trinajstić information content (AvgIpc) is 3.91. The predicted molar refractivity (Wildman–Crippen MR) is 269 cm³/mol. The lowest BCUT2D eigenvalue weighted by Crippen LogP contribution is -2.02. The quantitative estimate of drug-likeness (QED) is 0.168. The smallest absolute Gasteiger partial charge is 0.165 e. The van der Waals surface area contributed by atoms with Gasteiger partial charge in [0.15, 0.2) is 17.5 Å². The summed E-state index contributed by atoms with van der Waals surface area (Å²) in [4.78, 5) is 15.8. The molecule has 0 saturated heterocycles. The third-order valence-electron chi connectivity index (χ3n) is 12.6. The van der Waals surface area contributed by atoms with Crippen molar-refractivity contribution >= 4 is 74.9 Å². The highest BCUT2D eigenvalue weighted by Crippen LogP contribution is 2.44. The number of benzene rings is 10. The molecular formula is C59H36N4S. The number of aromatic nitrogens is 4. The summed E-state index contributed by atoms with van der Waals surface area (Å²) in [6.45, 7) is 0. The molecule has 0 aliphatic heterocycles. The van der Waals surface area contributed by atoms with Crippen molar-refractivity contribution in [3.05, 3.63) is 218 Å². The van der Waals surface area contributed by atoms with E-state index in [2.05, 4.69) is 205 Å². The molecule has 4 nitrogen and oxygen atoms in total. The Morgan fingerprint density at radius 1 is 0.328 bits per heavy atom. The zero-order valence-electron chi connectivity index (χ0n) is 34.5. The van der Waals surface area contributed by atoms with Crippen molar-refractivity contribution in [1.82, 2.24) is 19.5 Å². The van der Waals surface area contributed by atoms with Crippen molar-refractivity contribution in [2.24, 2.45) is 0 Å². The molecule has 0 aliphatic carbocycles. The van der Waals surface area contributed by atoms with E-state index >= 15 is 0 Å². The topological polar surface area (TPSA) is 43.6 Å². The Morgan fingerprint density at radius 3 is 1.78 bits per heavy atom. The van der Waals surface area contributed by atoms with Gasteiger partial charge in [-0.3, -0.25) is 0 Å². The molecule has 0 bridgehead atoms. The van der Waals surface area contributed by atoms with Crippen LogP contribution in [0.4, 0.5) is 0 Å². The molecule has 298 valence electrons. The molecule has 64 heavy (non-hydrogen) atoms. The third kappa shape index (κ3) is 5.93. The predicted octanol–water partition coefficient (Wildman–Crippen LogP) is 16.0. The monoisotopic (exact) mass is 832 g/mol. The minimum Gasteiger partial charge on any atom is -0.308 e. The van der Waals surface area contributed by atoms with Crippen molar-refractivity contribution < 1.29 is 0 Å². The molecule has 5 heteroatoms. The van der Waals surface area contributed by atoms with Gasteiger partial charge in [-0.05, 0) is 81.4 Å². The van der Waals surface area contributed by atoms with Crippen LogP contribution in [0.2, 0.25) is 0 Å². The van der Waals surface area contributed by atoms with Gasteiger partial charge in [-0.1, -0.05) is 170 Å². The fourth-order valence-corrected chi connectivity index (χ4v) is 10.8. The van der Waals surface area contributed by atoms with Crippen LogP contribution >= 0.6 is 11.3 Å². The summed E-state index contributed by atoms with van der Waals surface area (Å²) in [6.07, 6.45) is 0. The molecule has 0 N–H and O–H groups in total. The standard InChI is InChI=1S/C59H36N4S/c1-3-15-37(16-4-1)40-22-13-23-43(33-40)50-35-44(30-32-52(50)63-53-36-42-21-8-7-20-41(42)34-51(53)47-31-29-38-17-9-10-24-45(38)55(47)63)58-60-57(39-18-5-2-6-19-39)61-59(62-58)49-27-14-26-48-46-25-11-12-28-54(46)64-56(48)49/h1-36H. The van der Waals surface area contributed by atoms with Gasteiger partial charge in [0.05, 0.1) is 16.7 Å². The lowest BCUT2D eigenvalue weighted by Gasteiger charge is -2.18. The minimum absolute atomic E-state index is 0.618. The summed E-state index contributed by atoms with van der Waals surface area (Å²) < 4.78 is 4.90. The highest BCUT2D eigenvalue weighted by molar-refractivity contribution is 7.26. The first-order valence-electron chi connectivity index (χ1n) is 21.6. The molecule has 0 spiro atoms. The minimum atomic E-state index is 0.618. The molecule has 0 radical (unpaired) electrons. The van der Waals surface area contributed by atoms with E-state index in [1.54, 1.807) is 11.3 Å². The summed E-state index contributed by atoms with van der Waals surface area (Å²) >= 11 is 1.79. The van der Waals surface area contributed by atoms with E-state index in [4.69, 9.17) is 15.0 Å². The lowest BCUT2D eigenvalue weighted by atomic mass is 9.96. The molecule has 3 aromatic heterocycles. The summed E-state index contributed by atoms with van der Waals surface area (Å²) in [5, 5.41) is 9.72. The van der Waals surface area contributed by atoms with Gasteiger partial charge in [-0.15, -0.1) is 11.3 Å². The van der Waals surface area contributed by atoms with E-state index in [1.807, 2.05) is 18.2 Å². The maximum absolute atomic E-state index is 5.36. The fourth-order valence-electron chi connectivity index (χ4n) is 9.58. The van der Waals surface area contributed by atoms with Crippen LogP contribution in [0.1, 0.15) is 0 Å². The molecule has 0 fully saturated rings. The van der Waals surface area contributed by atoms with E-state index in [9.17, 15) is 0 Å². The Kier molecular flexibility index (Phi) is 8.36. The van der Waals surface area contributed by atoms with Crippen LogP contribution in [-0.4, -0.2) is 19.5 Å². The average molecular weight is 833 g/mol. The first-order chi connectivity index (χ1) is 31.7. The Morgan fingerprint density at radius 2 is 0.953 bits per heavy atom. The second kappa shape index (κ2) is 14.7. The molecule has 13 rings (SSSR count). The molecule has 0 amide bonds. The van der Waals surface area contributed by atoms with Gasteiger partial charge in [0.2, 0.25) is 0 Å².